The van der Waals surface area contributed by atoms with Gasteiger partial charge in [0.15, 0.2) is 0 Å². The van der Waals surface area contributed by atoms with Crippen molar-refractivity contribution in [2.24, 2.45) is 5.92 Å². The Balaban J connectivity index is 1.89. The average Bonchev–Trinajstić information content (AvgIpc) is 2.77. The van der Waals surface area contributed by atoms with Crippen molar-refractivity contribution in [3.8, 4) is 5.75 Å². The molecule has 2 aromatic rings. The number of aromatic nitrogens is 1. The summed E-state index contributed by atoms with van der Waals surface area (Å²) in [6.07, 6.45) is 5.28. The largest absolute Gasteiger partial charge is 0.495 e. The molecule has 1 aromatic carbocycles. The predicted molar refractivity (Wildman–Crippen MR) is 103 cm³/mol. The Bertz CT molecular complexity index is 818. The highest BCUT2D eigenvalue weighted by Crippen LogP contribution is 2.46. The summed E-state index contributed by atoms with van der Waals surface area (Å²) < 4.78 is 5.37. The molecule has 26 heavy (non-hydrogen) atoms. The van der Waals surface area contributed by atoms with E-state index in [4.69, 9.17) is 21.3 Å². The smallest absolute Gasteiger partial charge is 0.137 e. The lowest BCUT2D eigenvalue weighted by molar-refractivity contribution is -0.0148. The van der Waals surface area contributed by atoms with Gasteiger partial charge in [-0.15, -0.1) is 0 Å². The standard InChI is InChI=1S/C21H25ClN2O2/c1-24-9-7-16(8-10-24)21(25)19-6-5-17(22)11-14(19)3-4-15-12-18(26-2)13-23-20(15)21/h5-6,11-13,16,25H,3-4,7-10H2,1-2H3. The molecule has 1 aliphatic heterocycles. The van der Waals surface area contributed by atoms with Gasteiger partial charge in [0.2, 0.25) is 0 Å². The minimum absolute atomic E-state index is 0.136. The molecule has 0 amide bonds. The van der Waals surface area contributed by atoms with Gasteiger partial charge in [0.05, 0.1) is 19.0 Å². The van der Waals surface area contributed by atoms with Gasteiger partial charge in [-0.05, 0) is 80.7 Å². The van der Waals surface area contributed by atoms with Crippen molar-refractivity contribution in [1.82, 2.24) is 9.88 Å². The third kappa shape index (κ3) is 2.90. The molecule has 1 N–H and O–H groups in total. The van der Waals surface area contributed by atoms with Crippen LogP contribution in [0.2, 0.25) is 5.02 Å². The van der Waals surface area contributed by atoms with Crippen LogP contribution in [0.15, 0.2) is 30.5 Å². The molecule has 0 radical (unpaired) electrons. The summed E-state index contributed by atoms with van der Waals surface area (Å²) in [4.78, 5) is 7.02. The molecular weight excluding hydrogens is 348 g/mol. The number of benzene rings is 1. The molecule has 4 rings (SSSR count). The molecule has 0 spiro atoms. The maximum atomic E-state index is 12.2. The molecule has 1 aromatic heterocycles. The van der Waals surface area contributed by atoms with E-state index in [1.54, 1.807) is 13.3 Å². The van der Waals surface area contributed by atoms with Crippen molar-refractivity contribution in [1.29, 1.82) is 0 Å². The number of halogens is 1. The monoisotopic (exact) mass is 372 g/mol. The zero-order chi connectivity index (χ0) is 18.3. The zero-order valence-corrected chi connectivity index (χ0v) is 16.1. The van der Waals surface area contributed by atoms with Crippen LogP contribution in [0.4, 0.5) is 0 Å². The summed E-state index contributed by atoms with van der Waals surface area (Å²) in [6, 6.07) is 7.90. The summed E-state index contributed by atoms with van der Waals surface area (Å²) in [5, 5.41) is 12.9. The van der Waals surface area contributed by atoms with Gasteiger partial charge in [0.1, 0.15) is 11.4 Å². The van der Waals surface area contributed by atoms with Gasteiger partial charge in [0, 0.05) is 10.9 Å². The number of fused-ring (bicyclic) bond motifs is 2. The van der Waals surface area contributed by atoms with Crippen LogP contribution in [0.3, 0.4) is 0 Å². The summed E-state index contributed by atoms with van der Waals surface area (Å²) in [5.74, 6) is 0.870. The molecule has 0 saturated carbocycles. The molecule has 1 aliphatic carbocycles. The lowest BCUT2D eigenvalue weighted by Crippen LogP contribution is -2.44. The van der Waals surface area contributed by atoms with Crippen LogP contribution in [-0.2, 0) is 18.4 Å². The van der Waals surface area contributed by atoms with E-state index in [1.807, 2.05) is 24.3 Å². The van der Waals surface area contributed by atoms with Gasteiger partial charge in [-0.2, -0.15) is 0 Å². The molecule has 1 saturated heterocycles. The molecule has 2 aliphatic rings. The summed E-state index contributed by atoms with van der Waals surface area (Å²) in [5.41, 5.74) is 2.86. The number of methoxy groups -OCH3 is 1. The first-order chi connectivity index (χ1) is 12.5. The first kappa shape index (κ1) is 17.8. The molecule has 1 fully saturated rings. The van der Waals surface area contributed by atoms with Gasteiger partial charge < -0.3 is 14.7 Å². The first-order valence-electron chi connectivity index (χ1n) is 9.25. The Labute approximate surface area is 159 Å². The van der Waals surface area contributed by atoms with Crippen LogP contribution in [0.25, 0.3) is 0 Å². The second-order valence-electron chi connectivity index (χ2n) is 7.53. The minimum Gasteiger partial charge on any atom is -0.495 e. The van der Waals surface area contributed by atoms with Crippen molar-refractivity contribution in [2.45, 2.75) is 31.3 Å². The number of piperidine rings is 1. The second kappa shape index (κ2) is 6.84. The third-order valence-corrected chi connectivity index (χ3v) is 6.22. The van der Waals surface area contributed by atoms with Crippen LogP contribution in [-0.4, -0.2) is 42.2 Å². The van der Waals surface area contributed by atoms with E-state index in [-0.39, 0.29) is 5.92 Å². The highest BCUT2D eigenvalue weighted by atomic mass is 35.5. The topological polar surface area (TPSA) is 45.6 Å². The van der Waals surface area contributed by atoms with Gasteiger partial charge in [-0.3, -0.25) is 4.98 Å². The van der Waals surface area contributed by atoms with Crippen molar-refractivity contribution < 1.29 is 9.84 Å². The minimum atomic E-state index is -1.08. The summed E-state index contributed by atoms with van der Waals surface area (Å²) >= 11 is 6.26. The average molecular weight is 373 g/mol. The highest BCUT2D eigenvalue weighted by molar-refractivity contribution is 6.30. The predicted octanol–water partition coefficient (Wildman–Crippen LogP) is 3.42. The van der Waals surface area contributed by atoms with E-state index in [0.717, 1.165) is 66.9 Å². The number of pyridine rings is 1. The fraction of sp³-hybridized carbons (Fsp3) is 0.476. The van der Waals surface area contributed by atoms with Crippen molar-refractivity contribution in [3.63, 3.8) is 0 Å². The maximum absolute atomic E-state index is 12.2. The fourth-order valence-electron chi connectivity index (χ4n) is 4.51. The lowest BCUT2D eigenvalue weighted by atomic mass is 9.72. The van der Waals surface area contributed by atoms with E-state index in [1.165, 1.54) is 0 Å². The van der Waals surface area contributed by atoms with Crippen LogP contribution < -0.4 is 4.74 Å². The number of ether oxygens (including phenoxy) is 1. The number of nitrogens with zero attached hydrogens (tertiary/aromatic N) is 2. The fourth-order valence-corrected chi connectivity index (χ4v) is 4.71. The number of rotatable bonds is 2. The van der Waals surface area contributed by atoms with Gasteiger partial charge in [0.25, 0.3) is 0 Å². The van der Waals surface area contributed by atoms with Crippen LogP contribution in [0, 0.1) is 5.92 Å². The Morgan fingerprint density at radius 3 is 2.65 bits per heavy atom. The van der Waals surface area contributed by atoms with E-state index < -0.39 is 5.60 Å². The molecular formula is C21H25ClN2O2. The van der Waals surface area contributed by atoms with Gasteiger partial charge in [-0.25, -0.2) is 0 Å². The Morgan fingerprint density at radius 2 is 1.92 bits per heavy atom. The van der Waals surface area contributed by atoms with Crippen LogP contribution in [0.5, 0.6) is 5.75 Å². The molecule has 1 atom stereocenters. The third-order valence-electron chi connectivity index (χ3n) is 5.99. The SMILES string of the molecule is COc1cnc2c(c1)CCc1cc(Cl)ccc1C2(O)C1CCN(C)CC1. The van der Waals surface area contributed by atoms with E-state index in [2.05, 4.69) is 11.9 Å². The molecule has 5 heteroatoms. The lowest BCUT2D eigenvalue weighted by Gasteiger charge is -2.41. The Kier molecular flexibility index (Phi) is 4.68. The van der Waals surface area contributed by atoms with E-state index >= 15 is 0 Å². The number of likely N-dealkylation sites (tertiary alicyclic amines) is 1. The Morgan fingerprint density at radius 1 is 1.19 bits per heavy atom. The van der Waals surface area contributed by atoms with E-state index in [9.17, 15) is 5.11 Å². The molecule has 138 valence electrons. The summed E-state index contributed by atoms with van der Waals surface area (Å²) in [7, 11) is 3.79. The normalized spacial score (nSPS) is 23.8. The number of aryl methyl sites for hydroxylation is 2. The van der Waals surface area contributed by atoms with Crippen molar-refractivity contribution in [2.75, 3.05) is 27.2 Å². The number of hydrogen-bond donors (Lipinski definition) is 1. The van der Waals surface area contributed by atoms with Crippen molar-refractivity contribution >= 4 is 11.6 Å². The summed E-state index contributed by atoms with van der Waals surface area (Å²) in [6.45, 7) is 1.97. The van der Waals surface area contributed by atoms with E-state index in [0.29, 0.717) is 5.02 Å². The molecule has 1 unspecified atom stereocenters. The number of aliphatic hydroxyl groups is 1. The van der Waals surface area contributed by atoms with Gasteiger partial charge in [-0.1, -0.05) is 17.7 Å². The Hall–Kier alpha value is -1.62. The highest BCUT2D eigenvalue weighted by Gasteiger charge is 2.46. The van der Waals surface area contributed by atoms with Gasteiger partial charge >= 0.3 is 0 Å². The van der Waals surface area contributed by atoms with Crippen LogP contribution in [0.1, 0.15) is 35.2 Å². The zero-order valence-electron chi connectivity index (χ0n) is 15.3. The second-order valence-corrected chi connectivity index (χ2v) is 7.96. The first-order valence-corrected chi connectivity index (χ1v) is 9.63. The maximum Gasteiger partial charge on any atom is 0.137 e. The molecule has 4 nitrogen and oxygen atoms in total. The van der Waals surface area contributed by atoms with Crippen molar-refractivity contribution in [3.05, 3.63) is 57.9 Å². The molecule has 0 bridgehead atoms. The molecule has 2 heterocycles. The van der Waals surface area contributed by atoms with Crippen LogP contribution >= 0.6 is 11.6 Å². The number of hydrogen-bond acceptors (Lipinski definition) is 4. The quantitative estimate of drug-likeness (QED) is 0.877.